The van der Waals surface area contributed by atoms with Gasteiger partial charge in [0.2, 0.25) is 5.95 Å². The van der Waals surface area contributed by atoms with Crippen LogP contribution in [0.2, 0.25) is 0 Å². The van der Waals surface area contributed by atoms with Crippen LogP contribution in [0.1, 0.15) is 24.8 Å². The molecule has 0 bridgehead atoms. The first-order chi connectivity index (χ1) is 11.7. The molecule has 1 spiro atoms. The smallest absolute Gasteiger partial charge is 0.225 e. The fraction of sp³-hybridized carbons (Fsp3) is 0.556. The predicted octanol–water partition coefficient (Wildman–Crippen LogP) is 2.80. The van der Waals surface area contributed by atoms with Gasteiger partial charge < -0.3 is 9.64 Å². The van der Waals surface area contributed by atoms with Crippen molar-refractivity contribution in [2.24, 2.45) is 0 Å². The first-order valence-electron chi connectivity index (χ1n) is 8.61. The molecule has 2 aliphatic heterocycles. The number of hydrogen-bond acceptors (Lipinski definition) is 6. The third kappa shape index (κ3) is 3.31. The van der Waals surface area contributed by atoms with Gasteiger partial charge in [0, 0.05) is 39.0 Å². The van der Waals surface area contributed by atoms with Crippen molar-refractivity contribution in [1.29, 1.82) is 0 Å². The van der Waals surface area contributed by atoms with Gasteiger partial charge in [-0.05, 0) is 47.8 Å². The molecule has 2 fully saturated rings. The van der Waals surface area contributed by atoms with Crippen LogP contribution < -0.4 is 4.90 Å². The Kier molecular flexibility index (Phi) is 4.52. The minimum Gasteiger partial charge on any atom is -0.371 e. The molecule has 128 valence electrons. The highest BCUT2D eigenvalue weighted by Crippen LogP contribution is 2.37. The lowest BCUT2D eigenvalue weighted by Crippen LogP contribution is -2.48. The third-order valence-corrected chi connectivity index (χ3v) is 5.94. The molecule has 5 nitrogen and oxygen atoms in total. The molecule has 24 heavy (non-hydrogen) atoms. The van der Waals surface area contributed by atoms with Gasteiger partial charge in [-0.3, -0.25) is 4.90 Å². The van der Waals surface area contributed by atoms with Crippen molar-refractivity contribution in [3.8, 4) is 0 Å². The molecule has 2 aromatic heterocycles. The molecule has 2 atom stereocenters. The van der Waals surface area contributed by atoms with Crippen molar-refractivity contribution in [3.05, 3.63) is 40.8 Å². The van der Waals surface area contributed by atoms with E-state index in [4.69, 9.17) is 4.74 Å². The number of piperidine rings is 1. The van der Waals surface area contributed by atoms with Crippen molar-refractivity contribution < 1.29 is 4.74 Å². The maximum absolute atomic E-state index is 6.35. The van der Waals surface area contributed by atoms with Gasteiger partial charge in [-0.25, -0.2) is 9.97 Å². The molecule has 0 N–H and O–H groups in total. The second-order valence-electron chi connectivity index (χ2n) is 6.96. The van der Waals surface area contributed by atoms with Gasteiger partial charge in [-0.2, -0.15) is 11.3 Å². The van der Waals surface area contributed by atoms with E-state index in [0.29, 0.717) is 6.04 Å². The largest absolute Gasteiger partial charge is 0.371 e. The number of nitrogens with zero attached hydrogens (tertiary/aromatic N) is 4. The summed E-state index contributed by atoms with van der Waals surface area (Å²) in [5.41, 5.74) is 1.42. The van der Waals surface area contributed by atoms with Crippen LogP contribution in [0.5, 0.6) is 0 Å². The molecule has 0 radical (unpaired) electrons. The number of likely N-dealkylation sites (N-methyl/N-ethyl adjacent to an activating group) is 1. The highest BCUT2D eigenvalue weighted by Gasteiger charge is 2.44. The lowest BCUT2D eigenvalue weighted by atomic mass is 9.88. The maximum Gasteiger partial charge on any atom is 0.225 e. The Morgan fingerprint density at radius 3 is 3.08 bits per heavy atom. The predicted molar refractivity (Wildman–Crippen MR) is 96.4 cm³/mol. The Hall–Kier alpha value is -1.50. The zero-order valence-electron chi connectivity index (χ0n) is 14.1. The van der Waals surface area contributed by atoms with E-state index in [1.54, 1.807) is 23.7 Å². The summed E-state index contributed by atoms with van der Waals surface area (Å²) < 4.78 is 6.35. The highest BCUT2D eigenvalue weighted by molar-refractivity contribution is 7.07. The zero-order valence-corrected chi connectivity index (χ0v) is 14.9. The van der Waals surface area contributed by atoms with E-state index in [1.807, 2.05) is 6.07 Å². The van der Waals surface area contributed by atoms with Crippen molar-refractivity contribution >= 4 is 17.3 Å². The summed E-state index contributed by atoms with van der Waals surface area (Å²) in [6.07, 6.45) is 7.03. The van der Waals surface area contributed by atoms with Gasteiger partial charge in [0.25, 0.3) is 0 Å². The molecule has 4 heterocycles. The molecule has 2 unspecified atom stereocenters. The Bertz CT molecular complexity index is 650. The number of hydrogen-bond donors (Lipinski definition) is 0. The number of aromatic nitrogens is 2. The van der Waals surface area contributed by atoms with Crippen LogP contribution in [-0.2, 0) is 11.3 Å². The molecule has 2 saturated heterocycles. The van der Waals surface area contributed by atoms with Gasteiger partial charge in [-0.15, -0.1) is 0 Å². The summed E-state index contributed by atoms with van der Waals surface area (Å²) in [4.78, 5) is 13.5. The average molecular weight is 344 g/mol. The van der Waals surface area contributed by atoms with Crippen molar-refractivity contribution in [1.82, 2.24) is 14.9 Å². The van der Waals surface area contributed by atoms with Crippen LogP contribution in [0.15, 0.2) is 35.3 Å². The first-order valence-corrected chi connectivity index (χ1v) is 9.56. The molecule has 2 aliphatic rings. The summed E-state index contributed by atoms with van der Waals surface area (Å²) in [5, 5.41) is 4.41. The first kappa shape index (κ1) is 16.0. The van der Waals surface area contributed by atoms with E-state index in [9.17, 15) is 0 Å². The van der Waals surface area contributed by atoms with Crippen LogP contribution in [0.4, 0.5) is 5.95 Å². The van der Waals surface area contributed by atoms with E-state index in [-0.39, 0.29) is 5.60 Å². The van der Waals surface area contributed by atoms with Crippen LogP contribution in [0.25, 0.3) is 0 Å². The number of ether oxygens (including phenoxy) is 1. The fourth-order valence-corrected chi connectivity index (χ4v) is 4.62. The number of thiophene rings is 1. The Labute approximate surface area is 147 Å². The monoisotopic (exact) mass is 344 g/mol. The normalized spacial score (nSPS) is 27.6. The summed E-state index contributed by atoms with van der Waals surface area (Å²) in [5.74, 6) is 0.786. The molecular weight excluding hydrogens is 320 g/mol. The van der Waals surface area contributed by atoms with Crippen LogP contribution in [0.3, 0.4) is 0 Å². The molecule has 0 aromatic carbocycles. The van der Waals surface area contributed by atoms with Gasteiger partial charge in [-0.1, -0.05) is 0 Å². The number of anilines is 1. The van der Waals surface area contributed by atoms with E-state index < -0.39 is 0 Å². The van der Waals surface area contributed by atoms with E-state index >= 15 is 0 Å². The van der Waals surface area contributed by atoms with Crippen LogP contribution in [0, 0.1) is 0 Å². The second kappa shape index (κ2) is 6.78. The molecule has 0 saturated carbocycles. The second-order valence-corrected chi connectivity index (χ2v) is 7.74. The fourth-order valence-electron chi connectivity index (χ4n) is 3.96. The molecule has 0 amide bonds. The maximum atomic E-state index is 6.35. The molecule has 6 heteroatoms. The average Bonchev–Trinajstić information content (AvgIpc) is 3.26. The summed E-state index contributed by atoms with van der Waals surface area (Å²) in [6, 6.07) is 4.44. The van der Waals surface area contributed by atoms with Crippen LogP contribution in [-0.4, -0.2) is 53.3 Å². The number of rotatable bonds is 4. The minimum absolute atomic E-state index is 0.00196. The standard InChI is InChI=1S/C18H24N4OS/c1-21(17-19-6-3-7-20-17)16-10-18(23-12-16)5-2-8-22(14-18)11-15-4-9-24-13-15/h3-4,6-7,9,13,16H,2,5,8,10-12,14H2,1H3. The van der Waals surface area contributed by atoms with Crippen molar-refractivity contribution in [2.45, 2.75) is 37.5 Å². The van der Waals surface area contributed by atoms with Gasteiger partial charge >= 0.3 is 0 Å². The molecule has 0 aliphatic carbocycles. The van der Waals surface area contributed by atoms with Gasteiger partial charge in [0.15, 0.2) is 0 Å². The van der Waals surface area contributed by atoms with E-state index in [1.165, 1.54) is 18.5 Å². The summed E-state index contributed by atoms with van der Waals surface area (Å²) >= 11 is 1.78. The number of likely N-dealkylation sites (tertiary alicyclic amines) is 1. The lowest BCUT2D eigenvalue weighted by molar-refractivity contribution is -0.0533. The van der Waals surface area contributed by atoms with E-state index in [0.717, 1.165) is 38.5 Å². The molecule has 2 aromatic rings. The summed E-state index contributed by atoms with van der Waals surface area (Å²) in [7, 11) is 2.08. The topological polar surface area (TPSA) is 41.5 Å². The van der Waals surface area contributed by atoms with Crippen LogP contribution >= 0.6 is 11.3 Å². The molecular formula is C18H24N4OS. The van der Waals surface area contributed by atoms with E-state index in [2.05, 4.69) is 43.6 Å². The summed E-state index contributed by atoms with van der Waals surface area (Å²) in [6.45, 7) is 4.00. The highest BCUT2D eigenvalue weighted by atomic mass is 32.1. The minimum atomic E-state index is 0.00196. The Morgan fingerprint density at radius 1 is 1.42 bits per heavy atom. The molecule has 4 rings (SSSR count). The van der Waals surface area contributed by atoms with Crippen molar-refractivity contribution in [2.75, 3.05) is 31.6 Å². The lowest BCUT2D eigenvalue weighted by Gasteiger charge is -2.40. The Morgan fingerprint density at radius 2 is 2.29 bits per heavy atom. The quantitative estimate of drug-likeness (QED) is 0.853. The SMILES string of the molecule is CN(c1ncccn1)C1COC2(CCCN(Cc3ccsc3)C2)C1. The van der Waals surface area contributed by atoms with Crippen molar-refractivity contribution in [3.63, 3.8) is 0 Å². The Balaban J connectivity index is 1.41. The third-order valence-electron chi connectivity index (χ3n) is 5.21. The van der Waals surface area contributed by atoms with Gasteiger partial charge in [0.1, 0.15) is 0 Å². The zero-order chi connectivity index (χ0) is 16.4. The van der Waals surface area contributed by atoms with Gasteiger partial charge in [0.05, 0.1) is 18.2 Å².